The Morgan fingerprint density at radius 3 is 3.05 bits per heavy atom. The molecule has 1 aliphatic heterocycles. The molecule has 5 nitrogen and oxygen atoms in total. The minimum absolute atomic E-state index is 0.0490. The lowest BCUT2D eigenvalue weighted by Gasteiger charge is -2.11. The van der Waals surface area contributed by atoms with E-state index in [1.165, 1.54) is 0 Å². The van der Waals surface area contributed by atoms with Crippen molar-refractivity contribution in [2.75, 3.05) is 13.3 Å². The van der Waals surface area contributed by atoms with Crippen LogP contribution in [0.15, 0.2) is 18.2 Å². The summed E-state index contributed by atoms with van der Waals surface area (Å²) in [6, 6.07) is 5.76. The number of amides is 1. The fraction of sp³-hybridized carbons (Fsp3) is 0.562. The molecule has 0 bridgehead atoms. The van der Waals surface area contributed by atoms with E-state index in [1.54, 1.807) is 0 Å². The highest BCUT2D eigenvalue weighted by molar-refractivity contribution is 5.76. The number of carbonyl (C=O) groups is 1. The van der Waals surface area contributed by atoms with Crippen LogP contribution in [0.4, 0.5) is 0 Å². The highest BCUT2D eigenvalue weighted by Crippen LogP contribution is 2.35. The second-order valence-corrected chi connectivity index (χ2v) is 5.79. The van der Waals surface area contributed by atoms with Crippen LogP contribution in [0, 0.1) is 5.92 Å². The number of aliphatic hydroxyl groups excluding tert-OH is 1. The number of fused-ring (bicyclic) bond motifs is 1. The van der Waals surface area contributed by atoms with E-state index in [-0.39, 0.29) is 18.8 Å². The largest absolute Gasteiger partial charge is 0.454 e. The Balaban J connectivity index is 1.45. The van der Waals surface area contributed by atoms with Crippen LogP contribution in [0.2, 0.25) is 0 Å². The molecule has 1 heterocycles. The minimum Gasteiger partial charge on any atom is -0.454 e. The first-order chi connectivity index (χ1) is 10.2. The highest BCUT2D eigenvalue weighted by Gasteiger charge is 2.23. The average Bonchev–Trinajstić information content (AvgIpc) is 3.11. The molecule has 0 saturated heterocycles. The SMILES string of the molecule is O=C(CCc1cccc2c1OCO2)NCC1CCC(O)C1. The van der Waals surface area contributed by atoms with Crippen LogP contribution >= 0.6 is 0 Å². The van der Waals surface area contributed by atoms with E-state index in [9.17, 15) is 9.90 Å². The van der Waals surface area contributed by atoms with Gasteiger partial charge in [0.15, 0.2) is 11.5 Å². The molecule has 1 saturated carbocycles. The van der Waals surface area contributed by atoms with Gasteiger partial charge in [0.2, 0.25) is 12.7 Å². The second kappa shape index (κ2) is 6.35. The van der Waals surface area contributed by atoms with Gasteiger partial charge in [0, 0.05) is 13.0 Å². The van der Waals surface area contributed by atoms with Gasteiger partial charge in [-0.05, 0) is 43.2 Å². The Kier molecular flexibility index (Phi) is 4.29. The molecule has 0 spiro atoms. The molecule has 0 radical (unpaired) electrons. The van der Waals surface area contributed by atoms with Crippen molar-refractivity contribution >= 4 is 5.91 Å². The van der Waals surface area contributed by atoms with Crippen LogP contribution in [0.5, 0.6) is 11.5 Å². The standard InChI is InChI=1S/C16H21NO4/c18-13-6-4-11(8-13)9-17-15(19)7-5-12-2-1-3-14-16(12)21-10-20-14/h1-3,11,13,18H,4-10H2,(H,17,19). The maximum atomic E-state index is 11.9. The number of aliphatic hydroxyl groups is 1. The van der Waals surface area contributed by atoms with Crippen molar-refractivity contribution in [1.29, 1.82) is 0 Å². The Labute approximate surface area is 124 Å². The predicted molar refractivity (Wildman–Crippen MR) is 77.2 cm³/mol. The fourth-order valence-corrected chi connectivity index (χ4v) is 3.02. The molecule has 21 heavy (non-hydrogen) atoms. The van der Waals surface area contributed by atoms with Crippen LogP contribution in [0.1, 0.15) is 31.2 Å². The van der Waals surface area contributed by atoms with Gasteiger partial charge in [-0.15, -0.1) is 0 Å². The maximum absolute atomic E-state index is 11.9. The Hall–Kier alpha value is -1.75. The molecule has 2 N–H and O–H groups in total. The number of para-hydroxylation sites is 1. The molecule has 114 valence electrons. The normalized spacial score (nSPS) is 23.3. The summed E-state index contributed by atoms with van der Waals surface area (Å²) in [6.45, 7) is 0.922. The van der Waals surface area contributed by atoms with Gasteiger partial charge in [-0.3, -0.25) is 4.79 Å². The Morgan fingerprint density at radius 1 is 1.33 bits per heavy atom. The molecular weight excluding hydrogens is 270 g/mol. The first-order valence-corrected chi connectivity index (χ1v) is 7.54. The number of rotatable bonds is 5. The summed E-state index contributed by atoms with van der Waals surface area (Å²) in [7, 11) is 0. The van der Waals surface area contributed by atoms with E-state index < -0.39 is 0 Å². The lowest BCUT2D eigenvalue weighted by atomic mass is 10.1. The first kappa shape index (κ1) is 14.2. The smallest absolute Gasteiger partial charge is 0.231 e. The van der Waals surface area contributed by atoms with Gasteiger partial charge in [0.05, 0.1) is 6.10 Å². The molecule has 1 aromatic carbocycles. The molecule has 3 rings (SSSR count). The van der Waals surface area contributed by atoms with Crippen molar-refractivity contribution in [1.82, 2.24) is 5.32 Å². The van der Waals surface area contributed by atoms with Crippen molar-refractivity contribution in [3.8, 4) is 11.5 Å². The molecule has 2 unspecified atom stereocenters. The van der Waals surface area contributed by atoms with Gasteiger partial charge in [0.1, 0.15) is 0 Å². The van der Waals surface area contributed by atoms with E-state index >= 15 is 0 Å². The maximum Gasteiger partial charge on any atom is 0.231 e. The average molecular weight is 291 g/mol. The van der Waals surface area contributed by atoms with Gasteiger partial charge in [-0.2, -0.15) is 0 Å². The van der Waals surface area contributed by atoms with Crippen LogP contribution in [-0.2, 0) is 11.2 Å². The van der Waals surface area contributed by atoms with E-state index in [0.29, 0.717) is 25.3 Å². The van der Waals surface area contributed by atoms with E-state index in [1.807, 2.05) is 18.2 Å². The zero-order chi connectivity index (χ0) is 14.7. The zero-order valence-corrected chi connectivity index (χ0v) is 12.0. The summed E-state index contributed by atoms with van der Waals surface area (Å²) in [5.74, 6) is 1.99. The van der Waals surface area contributed by atoms with E-state index in [4.69, 9.17) is 9.47 Å². The summed E-state index contributed by atoms with van der Waals surface area (Å²) < 4.78 is 10.8. The summed E-state index contributed by atoms with van der Waals surface area (Å²) >= 11 is 0. The molecule has 0 aromatic heterocycles. The summed E-state index contributed by atoms with van der Waals surface area (Å²) in [6.07, 6.45) is 3.56. The number of carbonyl (C=O) groups excluding carboxylic acids is 1. The summed E-state index contributed by atoms with van der Waals surface area (Å²) in [4.78, 5) is 11.9. The molecular formula is C16H21NO4. The topological polar surface area (TPSA) is 67.8 Å². The number of ether oxygens (including phenoxy) is 2. The number of hydrogen-bond acceptors (Lipinski definition) is 4. The number of nitrogens with one attached hydrogen (secondary N) is 1. The minimum atomic E-state index is -0.184. The van der Waals surface area contributed by atoms with Crippen LogP contribution in [0.25, 0.3) is 0 Å². The molecule has 1 amide bonds. The van der Waals surface area contributed by atoms with Gasteiger partial charge in [-0.25, -0.2) is 0 Å². The van der Waals surface area contributed by atoms with Gasteiger partial charge in [-0.1, -0.05) is 12.1 Å². The van der Waals surface area contributed by atoms with E-state index in [0.717, 1.165) is 36.3 Å². The summed E-state index contributed by atoms with van der Waals surface area (Å²) in [5.41, 5.74) is 1.01. The van der Waals surface area contributed by atoms with Crippen molar-refractivity contribution < 1.29 is 19.4 Å². The molecule has 1 fully saturated rings. The highest BCUT2D eigenvalue weighted by atomic mass is 16.7. The van der Waals surface area contributed by atoms with Gasteiger partial charge in [0.25, 0.3) is 0 Å². The van der Waals surface area contributed by atoms with Crippen LogP contribution in [0.3, 0.4) is 0 Å². The lowest BCUT2D eigenvalue weighted by molar-refractivity contribution is -0.121. The third-order valence-corrected chi connectivity index (χ3v) is 4.20. The third-order valence-electron chi connectivity index (χ3n) is 4.20. The van der Waals surface area contributed by atoms with Gasteiger partial charge >= 0.3 is 0 Å². The van der Waals surface area contributed by atoms with Crippen molar-refractivity contribution in [2.24, 2.45) is 5.92 Å². The number of aryl methyl sites for hydroxylation is 1. The molecule has 1 aromatic rings. The quantitative estimate of drug-likeness (QED) is 0.865. The van der Waals surface area contributed by atoms with E-state index in [2.05, 4.69) is 5.32 Å². The monoisotopic (exact) mass is 291 g/mol. The second-order valence-electron chi connectivity index (χ2n) is 5.79. The van der Waals surface area contributed by atoms with Crippen molar-refractivity contribution in [3.63, 3.8) is 0 Å². The van der Waals surface area contributed by atoms with Crippen LogP contribution in [-0.4, -0.2) is 30.5 Å². The molecule has 2 atom stereocenters. The van der Waals surface area contributed by atoms with Crippen molar-refractivity contribution in [2.45, 2.75) is 38.2 Å². The third kappa shape index (κ3) is 3.47. The number of hydrogen-bond donors (Lipinski definition) is 2. The molecule has 2 aliphatic rings. The predicted octanol–water partition coefficient (Wildman–Crippen LogP) is 1.63. The number of benzene rings is 1. The molecule has 5 heteroatoms. The molecule has 1 aliphatic carbocycles. The Bertz CT molecular complexity index is 517. The first-order valence-electron chi connectivity index (χ1n) is 7.54. The lowest BCUT2D eigenvalue weighted by Crippen LogP contribution is -2.28. The van der Waals surface area contributed by atoms with Crippen molar-refractivity contribution in [3.05, 3.63) is 23.8 Å². The zero-order valence-electron chi connectivity index (χ0n) is 12.0. The fourth-order valence-electron chi connectivity index (χ4n) is 3.02. The van der Waals surface area contributed by atoms with Gasteiger partial charge < -0.3 is 19.9 Å². The Morgan fingerprint density at radius 2 is 2.24 bits per heavy atom. The summed E-state index contributed by atoms with van der Waals surface area (Å²) in [5, 5.41) is 12.4. The van der Waals surface area contributed by atoms with Crippen LogP contribution < -0.4 is 14.8 Å².